The molecule has 0 fully saturated rings. The molecule has 0 bridgehead atoms. The highest BCUT2D eigenvalue weighted by molar-refractivity contribution is 5.94. The van der Waals surface area contributed by atoms with Gasteiger partial charge in [0, 0.05) is 12.1 Å². The highest BCUT2D eigenvalue weighted by Gasteiger charge is 2.11. The van der Waals surface area contributed by atoms with Crippen molar-refractivity contribution in [1.29, 1.82) is 0 Å². The van der Waals surface area contributed by atoms with Crippen LogP contribution in [-0.4, -0.2) is 24.2 Å². The molecular weight excluding hydrogens is 273 g/mol. The normalized spacial score (nSPS) is 10.2. The molecule has 2 rings (SSSR count). The molecule has 0 saturated heterocycles. The standard InChI is InChI=1S/C16H16FNO3/c17-14-7-3-2-6-13(14)16(20)18-11-12-5-1-4-8-15(12)21-10-9-19/h1-8,19H,9-11H2,(H,18,20). The first kappa shape index (κ1) is 15.0. The van der Waals surface area contributed by atoms with E-state index in [4.69, 9.17) is 9.84 Å². The van der Waals surface area contributed by atoms with Crippen molar-refractivity contribution in [3.05, 3.63) is 65.5 Å². The van der Waals surface area contributed by atoms with Crippen LogP contribution in [0, 0.1) is 5.82 Å². The Kier molecular flexibility index (Phi) is 5.29. The van der Waals surface area contributed by atoms with E-state index in [0.717, 1.165) is 5.56 Å². The number of aliphatic hydroxyl groups is 1. The molecule has 0 radical (unpaired) electrons. The lowest BCUT2D eigenvalue weighted by atomic mass is 10.1. The summed E-state index contributed by atoms with van der Waals surface area (Å²) >= 11 is 0. The van der Waals surface area contributed by atoms with Crippen molar-refractivity contribution in [2.75, 3.05) is 13.2 Å². The average molecular weight is 289 g/mol. The van der Waals surface area contributed by atoms with Crippen LogP contribution in [0.5, 0.6) is 5.75 Å². The van der Waals surface area contributed by atoms with Gasteiger partial charge in [-0.1, -0.05) is 30.3 Å². The molecule has 21 heavy (non-hydrogen) atoms. The van der Waals surface area contributed by atoms with Crippen LogP contribution in [0.2, 0.25) is 0 Å². The zero-order chi connectivity index (χ0) is 15.1. The summed E-state index contributed by atoms with van der Waals surface area (Å²) in [6, 6.07) is 13.0. The number of carbonyl (C=O) groups is 1. The lowest BCUT2D eigenvalue weighted by Crippen LogP contribution is -2.24. The molecule has 5 heteroatoms. The number of ether oxygens (including phenoxy) is 1. The molecule has 0 heterocycles. The number of nitrogens with one attached hydrogen (secondary N) is 1. The first-order chi connectivity index (χ1) is 10.2. The fourth-order valence-electron chi connectivity index (χ4n) is 1.86. The van der Waals surface area contributed by atoms with Crippen molar-refractivity contribution in [2.45, 2.75) is 6.54 Å². The third-order valence-electron chi connectivity index (χ3n) is 2.88. The first-order valence-corrected chi connectivity index (χ1v) is 6.56. The van der Waals surface area contributed by atoms with Gasteiger partial charge in [-0.05, 0) is 18.2 Å². The summed E-state index contributed by atoms with van der Waals surface area (Å²) in [6.45, 7) is 0.308. The van der Waals surface area contributed by atoms with Gasteiger partial charge in [0.05, 0.1) is 12.2 Å². The lowest BCUT2D eigenvalue weighted by Gasteiger charge is -2.11. The Bertz CT molecular complexity index is 616. The van der Waals surface area contributed by atoms with E-state index in [-0.39, 0.29) is 25.3 Å². The van der Waals surface area contributed by atoms with Gasteiger partial charge in [-0.3, -0.25) is 4.79 Å². The van der Waals surface area contributed by atoms with Crippen LogP contribution < -0.4 is 10.1 Å². The number of hydrogen-bond acceptors (Lipinski definition) is 3. The Morgan fingerprint density at radius 3 is 2.62 bits per heavy atom. The zero-order valence-corrected chi connectivity index (χ0v) is 11.4. The molecule has 0 aliphatic rings. The van der Waals surface area contributed by atoms with Crippen molar-refractivity contribution >= 4 is 5.91 Å². The van der Waals surface area contributed by atoms with Crippen LogP contribution >= 0.6 is 0 Å². The summed E-state index contributed by atoms with van der Waals surface area (Å²) in [5.74, 6) is -0.453. The smallest absolute Gasteiger partial charge is 0.254 e. The minimum Gasteiger partial charge on any atom is -0.491 e. The predicted octanol–water partition coefficient (Wildman–Crippen LogP) is 2.13. The van der Waals surface area contributed by atoms with Crippen LogP contribution in [0.15, 0.2) is 48.5 Å². The maximum atomic E-state index is 13.5. The maximum absolute atomic E-state index is 13.5. The zero-order valence-electron chi connectivity index (χ0n) is 11.4. The fraction of sp³-hybridized carbons (Fsp3) is 0.188. The molecule has 0 spiro atoms. The topological polar surface area (TPSA) is 58.6 Å². The largest absolute Gasteiger partial charge is 0.491 e. The van der Waals surface area contributed by atoms with E-state index in [2.05, 4.69) is 5.32 Å². The number of aliphatic hydroxyl groups excluding tert-OH is 1. The summed E-state index contributed by atoms with van der Waals surface area (Å²) in [5.41, 5.74) is 0.766. The molecule has 110 valence electrons. The molecular formula is C16H16FNO3. The minimum atomic E-state index is -0.556. The minimum absolute atomic E-state index is 0.00579. The van der Waals surface area contributed by atoms with Gasteiger partial charge >= 0.3 is 0 Å². The second-order valence-electron chi connectivity index (χ2n) is 4.34. The molecule has 0 aromatic heterocycles. The van der Waals surface area contributed by atoms with Gasteiger partial charge < -0.3 is 15.2 Å². The number of carbonyl (C=O) groups excluding carboxylic acids is 1. The lowest BCUT2D eigenvalue weighted by molar-refractivity contribution is 0.0946. The fourth-order valence-corrected chi connectivity index (χ4v) is 1.86. The van der Waals surface area contributed by atoms with Crippen LogP contribution in [0.3, 0.4) is 0 Å². The number of amides is 1. The number of para-hydroxylation sites is 1. The van der Waals surface area contributed by atoms with Crippen LogP contribution in [0.1, 0.15) is 15.9 Å². The molecule has 0 atom stereocenters. The summed E-state index contributed by atoms with van der Waals surface area (Å²) < 4.78 is 18.9. The van der Waals surface area contributed by atoms with Crippen molar-refractivity contribution in [1.82, 2.24) is 5.32 Å². The predicted molar refractivity (Wildman–Crippen MR) is 76.6 cm³/mol. The van der Waals surface area contributed by atoms with Gasteiger partial charge in [0.15, 0.2) is 0 Å². The van der Waals surface area contributed by atoms with Gasteiger partial charge in [-0.25, -0.2) is 4.39 Å². The monoisotopic (exact) mass is 289 g/mol. The summed E-state index contributed by atoms with van der Waals surface area (Å²) in [4.78, 5) is 11.9. The van der Waals surface area contributed by atoms with Crippen molar-refractivity contribution in [3.63, 3.8) is 0 Å². The second-order valence-corrected chi connectivity index (χ2v) is 4.34. The van der Waals surface area contributed by atoms with E-state index in [0.29, 0.717) is 5.75 Å². The quantitative estimate of drug-likeness (QED) is 0.856. The third kappa shape index (κ3) is 4.03. The molecule has 0 unspecified atom stereocenters. The van der Waals surface area contributed by atoms with Gasteiger partial charge in [-0.2, -0.15) is 0 Å². The Hall–Kier alpha value is -2.40. The number of benzene rings is 2. The number of hydrogen-bond donors (Lipinski definition) is 2. The molecule has 0 aliphatic carbocycles. The third-order valence-corrected chi connectivity index (χ3v) is 2.88. The van der Waals surface area contributed by atoms with Gasteiger partial charge in [-0.15, -0.1) is 0 Å². The molecule has 0 saturated carbocycles. The van der Waals surface area contributed by atoms with E-state index in [1.54, 1.807) is 24.3 Å². The summed E-state index contributed by atoms with van der Waals surface area (Å²) in [7, 11) is 0. The molecule has 2 N–H and O–H groups in total. The van der Waals surface area contributed by atoms with Gasteiger partial charge in [0.1, 0.15) is 18.2 Å². The van der Waals surface area contributed by atoms with Crippen molar-refractivity contribution in [2.24, 2.45) is 0 Å². The summed E-state index contributed by atoms with van der Waals surface area (Å²) in [5, 5.41) is 11.4. The Morgan fingerprint density at radius 2 is 1.86 bits per heavy atom. The van der Waals surface area contributed by atoms with E-state index >= 15 is 0 Å². The highest BCUT2D eigenvalue weighted by Crippen LogP contribution is 2.17. The Morgan fingerprint density at radius 1 is 1.14 bits per heavy atom. The molecule has 2 aromatic carbocycles. The van der Waals surface area contributed by atoms with E-state index in [9.17, 15) is 9.18 Å². The average Bonchev–Trinajstić information content (AvgIpc) is 2.52. The second kappa shape index (κ2) is 7.40. The number of rotatable bonds is 6. The van der Waals surface area contributed by atoms with E-state index < -0.39 is 11.7 Å². The van der Waals surface area contributed by atoms with E-state index in [1.807, 2.05) is 6.07 Å². The maximum Gasteiger partial charge on any atom is 0.254 e. The van der Waals surface area contributed by atoms with Crippen LogP contribution in [0.25, 0.3) is 0 Å². The van der Waals surface area contributed by atoms with Crippen LogP contribution in [-0.2, 0) is 6.54 Å². The Labute approximate surface area is 122 Å². The summed E-state index contributed by atoms with van der Waals surface area (Å²) in [6.07, 6.45) is 0. The SMILES string of the molecule is O=C(NCc1ccccc1OCCO)c1ccccc1F. The highest BCUT2D eigenvalue weighted by atomic mass is 19.1. The van der Waals surface area contributed by atoms with Crippen LogP contribution in [0.4, 0.5) is 4.39 Å². The number of halogens is 1. The van der Waals surface area contributed by atoms with Gasteiger partial charge in [0.2, 0.25) is 0 Å². The molecule has 0 aliphatic heterocycles. The first-order valence-electron chi connectivity index (χ1n) is 6.56. The van der Waals surface area contributed by atoms with Crippen molar-refractivity contribution in [3.8, 4) is 5.75 Å². The molecule has 4 nitrogen and oxygen atoms in total. The van der Waals surface area contributed by atoms with Crippen molar-refractivity contribution < 1.29 is 19.0 Å². The Balaban J connectivity index is 2.03. The molecule has 1 amide bonds. The molecule has 2 aromatic rings. The van der Waals surface area contributed by atoms with E-state index in [1.165, 1.54) is 18.2 Å². The van der Waals surface area contributed by atoms with Gasteiger partial charge in [0.25, 0.3) is 5.91 Å².